The molecule has 5 nitrogen and oxygen atoms in total. The number of halogens is 2. The quantitative estimate of drug-likeness (QED) is 0.751. The minimum atomic E-state index is -4.05. The van der Waals surface area contributed by atoms with E-state index in [1.165, 1.54) is 21.3 Å². The first kappa shape index (κ1) is 19.1. The smallest absolute Gasteiger partial charge is 0.245 e. The third kappa shape index (κ3) is 4.26. The number of hydrogen-bond acceptors (Lipinski definition) is 4. The lowest BCUT2D eigenvalue weighted by atomic mass is 10.1. The normalized spacial score (nSPS) is 11.6. The van der Waals surface area contributed by atoms with Crippen molar-refractivity contribution in [3.8, 4) is 11.5 Å². The monoisotopic (exact) mass is 371 g/mol. The minimum Gasteiger partial charge on any atom is -0.493 e. The lowest BCUT2D eigenvalue weighted by Gasteiger charge is -2.18. The predicted octanol–water partition coefficient (Wildman–Crippen LogP) is 2.85. The van der Waals surface area contributed by atoms with Gasteiger partial charge in [0.1, 0.15) is 16.5 Å². The lowest BCUT2D eigenvalue weighted by Crippen LogP contribution is -2.29. The van der Waals surface area contributed by atoms with Gasteiger partial charge in [-0.3, -0.25) is 0 Å². The summed E-state index contributed by atoms with van der Waals surface area (Å²) in [5, 5.41) is 0. The summed E-state index contributed by atoms with van der Waals surface area (Å²) in [5.41, 5.74) is 0.833. The Morgan fingerprint density at radius 3 is 2.28 bits per heavy atom. The van der Waals surface area contributed by atoms with E-state index in [-0.39, 0.29) is 6.54 Å². The van der Waals surface area contributed by atoms with Crippen LogP contribution in [0, 0.1) is 11.6 Å². The molecule has 0 aromatic heterocycles. The van der Waals surface area contributed by atoms with Crippen LogP contribution in [0.2, 0.25) is 0 Å². The molecule has 0 bridgehead atoms. The van der Waals surface area contributed by atoms with Gasteiger partial charge in [-0.05, 0) is 36.2 Å². The highest BCUT2D eigenvalue weighted by atomic mass is 32.2. The van der Waals surface area contributed by atoms with E-state index >= 15 is 0 Å². The third-order valence-electron chi connectivity index (χ3n) is 3.75. The summed E-state index contributed by atoms with van der Waals surface area (Å²) >= 11 is 0. The molecule has 8 heteroatoms. The number of nitrogens with zero attached hydrogens (tertiary/aromatic N) is 1. The maximum atomic E-state index is 13.8. The molecule has 2 aromatic rings. The van der Waals surface area contributed by atoms with Crippen molar-refractivity contribution < 1.29 is 26.7 Å². The van der Waals surface area contributed by atoms with Crippen molar-refractivity contribution in [2.45, 2.75) is 11.3 Å². The van der Waals surface area contributed by atoms with Crippen LogP contribution < -0.4 is 9.47 Å². The van der Waals surface area contributed by atoms with E-state index in [0.29, 0.717) is 24.0 Å². The van der Waals surface area contributed by atoms with Gasteiger partial charge in [-0.25, -0.2) is 21.5 Å². The second kappa shape index (κ2) is 7.79. The number of benzene rings is 2. The first-order valence-electron chi connectivity index (χ1n) is 7.42. The Hall–Kier alpha value is -2.19. The van der Waals surface area contributed by atoms with Crippen LogP contribution in [-0.2, 0) is 16.4 Å². The molecule has 0 unspecified atom stereocenters. The molecule has 0 aliphatic rings. The molecule has 2 rings (SSSR count). The number of ether oxygens (including phenoxy) is 2. The van der Waals surface area contributed by atoms with Crippen LogP contribution in [0.1, 0.15) is 5.56 Å². The molecular formula is C17H19F2NO4S. The van der Waals surface area contributed by atoms with Crippen LogP contribution in [-0.4, -0.2) is 40.5 Å². The van der Waals surface area contributed by atoms with E-state index in [2.05, 4.69) is 0 Å². The average Bonchev–Trinajstić information content (AvgIpc) is 2.58. The fraction of sp³-hybridized carbons (Fsp3) is 0.294. The molecule has 0 saturated carbocycles. The van der Waals surface area contributed by atoms with Crippen molar-refractivity contribution in [1.29, 1.82) is 0 Å². The fourth-order valence-electron chi connectivity index (χ4n) is 2.30. The van der Waals surface area contributed by atoms with Gasteiger partial charge in [0.25, 0.3) is 0 Å². The Morgan fingerprint density at radius 1 is 1.00 bits per heavy atom. The van der Waals surface area contributed by atoms with Crippen molar-refractivity contribution >= 4 is 10.0 Å². The molecule has 0 aliphatic carbocycles. The first-order valence-corrected chi connectivity index (χ1v) is 8.86. The predicted molar refractivity (Wildman–Crippen MR) is 89.4 cm³/mol. The topological polar surface area (TPSA) is 55.8 Å². The maximum absolute atomic E-state index is 13.8. The van der Waals surface area contributed by atoms with E-state index in [1.807, 2.05) is 0 Å². The molecule has 2 aromatic carbocycles. The van der Waals surface area contributed by atoms with Gasteiger partial charge in [0.05, 0.1) is 14.2 Å². The van der Waals surface area contributed by atoms with Crippen LogP contribution in [0.5, 0.6) is 11.5 Å². The largest absolute Gasteiger partial charge is 0.493 e. The number of likely N-dealkylation sites (N-methyl/N-ethyl adjacent to an activating group) is 1. The zero-order valence-electron chi connectivity index (χ0n) is 14.1. The van der Waals surface area contributed by atoms with Gasteiger partial charge in [-0.1, -0.05) is 6.07 Å². The van der Waals surface area contributed by atoms with Crippen molar-refractivity contribution in [2.75, 3.05) is 27.8 Å². The second-order valence-corrected chi connectivity index (χ2v) is 7.35. The summed E-state index contributed by atoms with van der Waals surface area (Å²) in [6.45, 7) is 0.120. The molecule has 0 amide bonds. The van der Waals surface area contributed by atoms with Gasteiger partial charge in [0.15, 0.2) is 11.5 Å². The van der Waals surface area contributed by atoms with Crippen molar-refractivity contribution in [2.24, 2.45) is 0 Å². The summed E-state index contributed by atoms with van der Waals surface area (Å²) in [6, 6.07) is 7.65. The van der Waals surface area contributed by atoms with Crippen LogP contribution in [0.25, 0.3) is 0 Å². The molecule has 0 atom stereocenters. The lowest BCUT2D eigenvalue weighted by molar-refractivity contribution is 0.354. The van der Waals surface area contributed by atoms with Crippen molar-refractivity contribution in [3.63, 3.8) is 0 Å². The van der Waals surface area contributed by atoms with Gasteiger partial charge in [-0.15, -0.1) is 0 Å². The van der Waals surface area contributed by atoms with Gasteiger partial charge in [0.2, 0.25) is 10.0 Å². The molecular weight excluding hydrogens is 352 g/mol. The summed E-state index contributed by atoms with van der Waals surface area (Å²) in [4.78, 5) is -0.552. The third-order valence-corrected chi connectivity index (χ3v) is 5.64. The van der Waals surface area contributed by atoms with E-state index in [0.717, 1.165) is 22.0 Å². The summed E-state index contributed by atoms with van der Waals surface area (Å²) in [5.74, 6) is -0.835. The standard InChI is InChI=1S/C17H19F2NO4S/c1-20(25(21,22)17-7-5-13(18)11-14(17)19)9-8-12-4-6-15(23-2)16(10-12)24-3/h4-7,10-11H,8-9H2,1-3H3. The molecule has 0 fully saturated rings. The SMILES string of the molecule is COc1ccc(CCN(C)S(=O)(=O)c2ccc(F)cc2F)cc1OC. The van der Waals surface area contributed by atoms with E-state index in [4.69, 9.17) is 9.47 Å². The number of sulfonamides is 1. The molecule has 25 heavy (non-hydrogen) atoms. The highest BCUT2D eigenvalue weighted by Crippen LogP contribution is 2.28. The zero-order valence-corrected chi connectivity index (χ0v) is 14.9. The number of rotatable bonds is 7. The molecule has 0 N–H and O–H groups in total. The molecule has 136 valence electrons. The van der Waals surface area contributed by atoms with E-state index in [1.54, 1.807) is 18.2 Å². The van der Waals surface area contributed by atoms with Crippen LogP contribution >= 0.6 is 0 Å². The molecule has 0 radical (unpaired) electrons. The molecule has 0 aliphatic heterocycles. The molecule has 0 heterocycles. The van der Waals surface area contributed by atoms with Crippen molar-refractivity contribution in [1.82, 2.24) is 4.31 Å². The Morgan fingerprint density at radius 2 is 1.68 bits per heavy atom. The second-order valence-electron chi connectivity index (χ2n) is 5.34. The van der Waals surface area contributed by atoms with Crippen LogP contribution in [0.4, 0.5) is 8.78 Å². The van der Waals surface area contributed by atoms with Gasteiger partial charge in [-0.2, -0.15) is 0 Å². The summed E-state index contributed by atoms with van der Waals surface area (Å²) in [6.07, 6.45) is 0.388. The zero-order chi connectivity index (χ0) is 18.6. The maximum Gasteiger partial charge on any atom is 0.245 e. The van der Waals surface area contributed by atoms with Gasteiger partial charge in [0, 0.05) is 19.7 Å². The molecule has 0 spiro atoms. The number of hydrogen-bond donors (Lipinski definition) is 0. The highest BCUT2D eigenvalue weighted by Gasteiger charge is 2.24. The Labute approximate surface area is 145 Å². The summed E-state index contributed by atoms with van der Waals surface area (Å²) < 4.78 is 63.0. The van der Waals surface area contributed by atoms with E-state index < -0.39 is 26.6 Å². The molecule has 0 saturated heterocycles. The Kier molecular flexibility index (Phi) is 5.97. The fourth-order valence-corrected chi connectivity index (χ4v) is 3.51. The summed E-state index contributed by atoms with van der Waals surface area (Å²) in [7, 11) is 0.329. The van der Waals surface area contributed by atoms with Crippen molar-refractivity contribution in [3.05, 3.63) is 53.6 Å². The van der Waals surface area contributed by atoms with Crippen LogP contribution in [0.3, 0.4) is 0 Å². The van der Waals surface area contributed by atoms with E-state index in [9.17, 15) is 17.2 Å². The Balaban J connectivity index is 2.15. The number of methoxy groups -OCH3 is 2. The highest BCUT2D eigenvalue weighted by molar-refractivity contribution is 7.89. The van der Waals surface area contributed by atoms with Crippen LogP contribution in [0.15, 0.2) is 41.3 Å². The Bertz CT molecular complexity index is 856. The average molecular weight is 371 g/mol. The van der Waals surface area contributed by atoms with Gasteiger partial charge >= 0.3 is 0 Å². The minimum absolute atomic E-state index is 0.120. The van der Waals surface area contributed by atoms with Gasteiger partial charge < -0.3 is 9.47 Å². The first-order chi connectivity index (χ1) is 11.8.